The van der Waals surface area contributed by atoms with E-state index in [1.807, 2.05) is 97.9 Å². The lowest BCUT2D eigenvalue weighted by atomic mass is 9.97. The molecule has 0 aromatic heterocycles. The van der Waals surface area contributed by atoms with Gasteiger partial charge in [-0.2, -0.15) is 0 Å². The fraction of sp³-hybridized carbons (Fsp3) is 0.235. The van der Waals surface area contributed by atoms with Crippen LogP contribution in [0.25, 0.3) is 0 Å². The smallest absolute Gasteiger partial charge is 0.251 e. The maximum atomic E-state index is 14.9. The maximum absolute atomic E-state index is 14.9. The molecule has 0 radical (unpaired) electrons. The topological polar surface area (TPSA) is 52.7 Å². The van der Waals surface area contributed by atoms with Gasteiger partial charge in [0.25, 0.3) is 5.91 Å². The Labute approximate surface area is 236 Å². The number of hydrogen-bond acceptors (Lipinski definition) is 3. The molecule has 40 heavy (non-hydrogen) atoms. The molecule has 0 fully saturated rings. The molecule has 1 atom stereocenters. The number of carbonyl (C=O) groups is 2. The van der Waals surface area contributed by atoms with Crippen LogP contribution in [0, 0.1) is 5.82 Å². The van der Waals surface area contributed by atoms with Crippen LogP contribution in [0.4, 0.5) is 15.8 Å². The Morgan fingerprint density at radius 1 is 0.775 bits per heavy atom. The molecule has 6 heteroatoms. The molecule has 4 rings (SSSR count). The highest BCUT2D eigenvalue weighted by Crippen LogP contribution is 2.29. The Kier molecular flexibility index (Phi) is 9.33. The summed E-state index contributed by atoms with van der Waals surface area (Å²) in [6, 6.07) is 30.0. The zero-order valence-corrected chi connectivity index (χ0v) is 23.5. The molecule has 2 amide bonds. The van der Waals surface area contributed by atoms with Gasteiger partial charge < -0.3 is 15.1 Å². The molecule has 0 aliphatic carbocycles. The van der Waals surface area contributed by atoms with E-state index in [2.05, 4.69) is 19.2 Å². The van der Waals surface area contributed by atoms with Gasteiger partial charge in [0.2, 0.25) is 5.91 Å². The summed E-state index contributed by atoms with van der Waals surface area (Å²) in [5.41, 5.74) is 4.55. The van der Waals surface area contributed by atoms with Crippen molar-refractivity contribution in [2.45, 2.75) is 38.8 Å². The maximum Gasteiger partial charge on any atom is 0.251 e. The summed E-state index contributed by atoms with van der Waals surface area (Å²) >= 11 is 0. The average Bonchev–Trinajstić information content (AvgIpc) is 2.95. The van der Waals surface area contributed by atoms with Gasteiger partial charge in [0.1, 0.15) is 11.9 Å². The predicted octanol–water partition coefficient (Wildman–Crippen LogP) is 6.97. The van der Waals surface area contributed by atoms with E-state index >= 15 is 0 Å². The molecular weight excluding hydrogens is 501 g/mol. The van der Waals surface area contributed by atoms with Crippen molar-refractivity contribution in [3.8, 4) is 0 Å². The van der Waals surface area contributed by atoms with Crippen LogP contribution in [0.15, 0.2) is 103 Å². The zero-order valence-electron chi connectivity index (χ0n) is 23.5. The third-order valence-corrected chi connectivity index (χ3v) is 6.95. The molecule has 0 saturated carbocycles. The van der Waals surface area contributed by atoms with Crippen molar-refractivity contribution in [1.82, 2.24) is 4.90 Å². The predicted molar refractivity (Wildman–Crippen MR) is 160 cm³/mol. The van der Waals surface area contributed by atoms with Gasteiger partial charge in [-0.1, -0.05) is 86.6 Å². The van der Waals surface area contributed by atoms with Crippen LogP contribution >= 0.6 is 0 Å². The quantitative estimate of drug-likeness (QED) is 0.238. The van der Waals surface area contributed by atoms with E-state index in [0.717, 1.165) is 16.8 Å². The Morgan fingerprint density at radius 2 is 1.38 bits per heavy atom. The molecule has 206 valence electrons. The van der Waals surface area contributed by atoms with Crippen LogP contribution in [-0.4, -0.2) is 30.8 Å². The number of benzene rings is 4. The van der Waals surface area contributed by atoms with E-state index in [1.54, 1.807) is 18.2 Å². The molecule has 0 heterocycles. The third kappa shape index (κ3) is 7.14. The van der Waals surface area contributed by atoms with Crippen molar-refractivity contribution >= 4 is 23.2 Å². The Hall–Kier alpha value is -4.45. The lowest BCUT2D eigenvalue weighted by Crippen LogP contribution is -2.41. The standard InChI is InChI=1S/C34H36FN3O2/c1-24(2)26-14-16-27(17-15-26)33(34(40)36-29-18-20-30(21-19-29)37(3)4)38(23-28-12-8-9-13-31(28)35)32(39)22-25-10-6-5-7-11-25/h5-21,24,33H,22-23H2,1-4H3,(H,36,40)/t33-/m0/s1. The van der Waals surface area contributed by atoms with E-state index in [9.17, 15) is 14.0 Å². The van der Waals surface area contributed by atoms with E-state index in [-0.39, 0.29) is 24.8 Å². The van der Waals surface area contributed by atoms with Gasteiger partial charge in [-0.05, 0) is 52.9 Å². The van der Waals surface area contributed by atoms with Gasteiger partial charge in [0.15, 0.2) is 0 Å². The molecule has 5 nitrogen and oxygen atoms in total. The molecule has 0 aliphatic heterocycles. The molecule has 4 aromatic rings. The second kappa shape index (κ2) is 13.1. The number of nitrogens with one attached hydrogen (secondary N) is 1. The largest absolute Gasteiger partial charge is 0.378 e. The summed E-state index contributed by atoms with van der Waals surface area (Å²) < 4.78 is 14.9. The summed E-state index contributed by atoms with van der Waals surface area (Å²) in [5, 5.41) is 3.00. The fourth-order valence-electron chi connectivity index (χ4n) is 4.60. The lowest BCUT2D eigenvalue weighted by Gasteiger charge is -2.32. The van der Waals surface area contributed by atoms with Crippen LogP contribution in [0.1, 0.15) is 48.1 Å². The van der Waals surface area contributed by atoms with E-state index in [1.165, 1.54) is 11.0 Å². The van der Waals surface area contributed by atoms with E-state index in [4.69, 9.17) is 0 Å². The normalized spacial score (nSPS) is 11.7. The number of carbonyl (C=O) groups excluding carboxylic acids is 2. The van der Waals surface area contributed by atoms with Gasteiger partial charge in [-0.3, -0.25) is 9.59 Å². The highest BCUT2D eigenvalue weighted by atomic mass is 19.1. The van der Waals surface area contributed by atoms with Crippen molar-refractivity contribution in [2.24, 2.45) is 0 Å². The van der Waals surface area contributed by atoms with Gasteiger partial charge >= 0.3 is 0 Å². The van der Waals surface area contributed by atoms with Gasteiger partial charge in [0, 0.05) is 37.6 Å². The van der Waals surface area contributed by atoms with Crippen molar-refractivity contribution in [2.75, 3.05) is 24.3 Å². The zero-order chi connectivity index (χ0) is 28.6. The molecule has 0 unspecified atom stereocenters. The van der Waals surface area contributed by atoms with E-state index < -0.39 is 11.9 Å². The van der Waals surface area contributed by atoms with Crippen molar-refractivity contribution in [3.05, 3.63) is 131 Å². The first-order valence-electron chi connectivity index (χ1n) is 13.5. The van der Waals surface area contributed by atoms with Crippen LogP contribution in [-0.2, 0) is 22.6 Å². The van der Waals surface area contributed by atoms with Crippen molar-refractivity contribution < 1.29 is 14.0 Å². The Bertz CT molecular complexity index is 1420. The second-order valence-electron chi connectivity index (χ2n) is 10.4. The Balaban J connectivity index is 1.75. The van der Waals surface area contributed by atoms with Crippen molar-refractivity contribution in [1.29, 1.82) is 0 Å². The number of hydrogen-bond donors (Lipinski definition) is 1. The second-order valence-corrected chi connectivity index (χ2v) is 10.4. The van der Waals surface area contributed by atoms with Crippen molar-refractivity contribution in [3.63, 3.8) is 0 Å². The van der Waals surface area contributed by atoms with E-state index in [0.29, 0.717) is 22.7 Å². The summed E-state index contributed by atoms with van der Waals surface area (Å²) in [6.45, 7) is 4.15. The molecule has 0 saturated heterocycles. The number of halogens is 1. The summed E-state index contributed by atoms with van der Waals surface area (Å²) in [7, 11) is 3.90. The highest BCUT2D eigenvalue weighted by molar-refractivity contribution is 5.98. The van der Waals surface area contributed by atoms with Crippen LogP contribution in [0.5, 0.6) is 0 Å². The van der Waals surface area contributed by atoms with Crippen LogP contribution < -0.4 is 10.2 Å². The number of rotatable bonds is 10. The van der Waals surface area contributed by atoms with Gasteiger partial charge in [0.05, 0.1) is 6.42 Å². The van der Waals surface area contributed by atoms with Crippen LogP contribution in [0.3, 0.4) is 0 Å². The Morgan fingerprint density at radius 3 is 1.98 bits per heavy atom. The summed E-state index contributed by atoms with van der Waals surface area (Å²) in [4.78, 5) is 31.4. The van der Waals surface area contributed by atoms with Gasteiger partial charge in [-0.15, -0.1) is 0 Å². The minimum Gasteiger partial charge on any atom is -0.378 e. The molecule has 4 aromatic carbocycles. The average molecular weight is 538 g/mol. The number of nitrogens with zero attached hydrogens (tertiary/aromatic N) is 2. The molecule has 0 spiro atoms. The monoisotopic (exact) mass is 537 g/mol. The first-order chi connectivity index (χ1) is 19.2. The first-order valence-corrected chi connectivity index (χ1v) is 13.5. The third-order valence-electron chi connectivity index (χ3n) is 6.95. The number of amides is 2. The minimum atomic E-state index is -0.981. The summed E-state index contributed by atoms with van der Waals surface area (Å²) in [6.07, 6.45) is 0.0840. The van der Waals surface area contributed by atoms with Gasteiger partial charge in [-0.25, -0.2) is 4.39 Å². The number of anilines is 2. The highest BCUT2D eigenvalue weighted by Gasteiger charge is 2.32. The molecule has 0 aliphatic rings. The first kappa shape index (κ1) is 28.6. The molecule has 0 bridgehead atoms. The SMILES string of the molecule is CC(C)c1ccc([C@@H](C(=O)Nc2ccc(N(C)C)cc2)N(Cc2ccccc2F)C(=O)Cc2ccccc2)cc1. The molecular formula is C34H36FN3O2. The van der Waals surface area contributed by atoms with Crippen LogP contribution in [0.2, 0.25) is 0 Å². The molecule has 1 N–H and O–H groups in total. The minimum absolute atomic E-state index is 0.0536. The summed E-state index contributed by atoms with van der Waals surface area (Å²) in [5.74, 6) is -0.752. The lowest BCUT2D eigenvalue weighted by molar-refractivity contribution is -0.139. The fourth-order valence-corrected chi connectivity index (χ4v) is 4.60.